The van der Waals surface area contributed by atoms with Gasteiger partial charge >= 0.3 is 11.9 Å². The Hall–Kier alpha value is -4.23. The van der Waals surface area contributed by atoms with Crippen LogP contribution in [0.4, 0.5) is 0 Å². The molecule has 224 valence electrons. The Morgan fingerprint density at radius 3 is 1.16 bits per heavy atom. The van der Waals surface area contributed by atoms with Crippen LogP contribution >= 0.6 is 11.8 Å². The van der Waals surface area contributed by atoms with E-state index in [9.17, 15) is 24.9 Å². The average Bonchev–Trinajstić information content (AvgIpc) is 2.98. The fourth-order valence-electron chi connectivity index (χ4n) is 5.46. The van der Waals surface area contributed by atoms with E-state index in [-0.39, 0.29) is 23.7 Å². The minimum atomic E-state index is -1.41. The molecule has 0 aliphatic heterocycles. The number of carboxylic acid groups (broad SMARTS) is 2. The van der Waals surface area contributed by atoms with Crippen molar-refractivity contribution in [3.8, 4) is 11.5 Å². The first-order valence-electron chi connectivity index (χ1n) is 14.1. The Balaban J connectivity index is 1.75. The second-order valence-corrected chi connectivity index (χ2v) is 13.0. The second kappa shape index (κ2) is 12.6. The molecule has 0 saturated carbocycles. The normalized spacial score (nSPS) is 12.2. The molecule has 0 radical (unpaired) electrons. The maximum atomic E-state index is 13.2. The summed E-state index contributed by atoms with van der Waals surface area (Å²) in [5.74, 6) is -1.08. The highest BCUT2D eigenvalue weighted by Crippen LogP contribution is 2.40. The fraction of sp³-hybridized carbons (Fsp3) is 0.278. The molecule has 0 heterocycles. The lowest BCUT2D eigenvalue weighted by atomic mass is 9.72. The van der Waals surface area contributed by atoms with Crippen LogP contribution in [0.15, 0.2) is 97.1 Å². The number of phenols is 2. The van der Waals surface area contributed by atoms with Gasteiger partial charge in [-0.25, -0.2) is 0 Å². The summed E-state index contributed by atoms with van der Waals surface area (Å²) in [6, 6.07) is 29.4. The number of benzene rings is 4. The Morgan fingerprint density at radius 1 is 0.558 bits per heavy atom. The molecule has 0 saturated heterocycles. The molecule has 4 aromatic rings. The van der Waals surface area contributed by atoms with Crippen LogP contribution in [0.5, 0.6) is 11.5 Å². The first kappa shape index (κ1) is 31.7. The van der Waals surface area contributed by atoms with Gasteiger partial charge in [0.2, 0.25) is 0 Å². The number of hydrogen-bond donors (Lipinski definition) is 4. The van der Waals surface area contributed by atoms with Gasteiger partial charge in [0.15, 0.2) is 0 Å². The van der Waals surface area contributed by atoms with Crippen molar-refractivity contribution in [3.63, 3.8) is 0 Å². The van der Waals surface area contributed by atoms with Crippen molar-refractivity contribution >= 4 is 23.7 Å². The highest BCUT2D eigenvalue weighted by atomic mass is 32.2. The number of hydrogen-bond acceptors (Lipinski definition) is 5. The summed E-state index contributed by atoms with van der Waals surface area (Å²) in [6.07, 6.45) is -0.0557. The van der Waals surface area contributed by atoms with Crippen LogP contribution in [0.3, 0.4) is 0 Å². The van der Waals surface area contributed by atoms with Crippen LogP contribution in [0.2, 0.25) is 0 Å². The third kappa shape index (κ3) is 6.57. The zero-order valence-corrected chi connectivity index (χ0v) is 25.7. The monoisotopic (exact) mass is 598 g/mol. The van der Waals surface area contributed by atoms with Gasteiger partial charge in [-0.2, -0.15) is 11.8 Å². The molecule has 0 aromatic heterocycles. The lowest BCUT2D eigenvalue weighted by Gasteiger charge is -2.33. The highest BCUT2D eigenvalue weighted by molar-refractivity contribution is 7.99. The number of carboxylic acids is 2. The second-order valence-electron chi connectivity index (χ2n) is 11.9. The quantitative estimate of drug-likeness (QED) is 0.126. The van der Waals surface area contributed by atoms with Crippen molar-refractivity contribution in [1.29, 1.82) is 0 Å². The summed E-state index contributed by atoms with van der Waals surface area (Å²) >= 11 is 1.31. The first-order chi connectivity index (χ1) is 20.3. The average molecular weight is 599 g/mol. The Kier molecular flexibility index (Phi) is 9.26. The van der Waals surface area contributed by atoms with Crippen LogP contribution in [0, 0.1) is 0 Å². The number of rotatable bonds is 12. The number of phenolic OH excluding ortho intramolecular Hbond substituents is 2. The Bertz CT molecular complexity index is 1450. The van der Waals surface area contributed by atoms with Gasteiger partial charge in [-0.3, -0.25) is 9.59 Å². The van der Waals surface area contributed by atoms with Gasteiger partial charge < -0.3 is 20.4 Å². The molecule has 7 heteroatoms. The summed E-state index contributed by atoms with van der Waals surface area (Å²) in [7, 11) is 0. The minimum Gasteiger partial charge on any atom is -0.508 e. The number of aromatic hydroxyl groups is 2. The van der Waals surface area contributed by atoms with E-state index in [1.165, 1.54) is 11.8 Å². The Labute approximate surface area is 257 Å². The van der Waals surface area contributed by atoms with E-state index in [1.807, 2.05) is 72.8 Å². The van der Waals surface area contributed by atoms with E-state index in [0.717, 1.165) is 22.3 Å². The third-order valence-electron chi connectivity index (χ3n) is 8.52. The van der Waals surface area contributed by atoms with Crippen LogP contribution in [0.25, 0.3) is 0 Å². The van der Waals surface area contributed by atoms with Crippen LogP contribution in [0.1, 0.15) is 67.5 Å². The first-order valence-corrected chi connectivity index (χ1v) is 15.3. The predicted molar refractivity (Wildman–Crippen MR) is 171 cm³/mol. The van der Waals surface area contributed by atoms with Gasteiger partial charge in [-0.05, 0) is 57.6 Å². The summed E-state index contributed by atoms with van der Waals surface area (Å²) in [4.78, 5) is 24.4. The highest BCUT2D eigenvalue weighted by Gasteiger charge is 2.43. The molecule has 0 bridgehead atoms. The largest absolute Gasteiger partial charge is 0.508 e. The lowest BCUT2D eigenvalue weighted by molar-refractivity contribution is -0.141. The molecule has 4 N–H and O–H groups in total. The van der Waals surface area contributed by atoms with E-state index in [2.05, 4.69) is 27.7 Å². The summed E-state index contributed by atoms with van der Waals surface area (Å²) in [6.45, 7) is 8.31. The van der Waals surface area contributed by atoms with Gasteiger partial charge in [0.1, 0.15) is 16.9 Å². The molecule has 0 aliphatic rings. The van der Waals surface area contributed by atoms with Gasteiger partial charge in [-0.1, -0.05) is 100 Å². The standard InChI is InChI=1S/C36H38O6S/c1-34(2,26-13-17-30(37)18-14-26)24-5-9-28(10-6-24)36(33(41)42,23-43-22-21-32(39)40)29-11-7-25(8-12-29)35(3,4)27-15-19-31(38)20-16-27/h5-20,37-38H,21-23H2,1-4H3,(H,39,40)(H,41,42). The molecule has 0 amide bonds. The molecule has 4 rings (SSSR count). The molecule has 4 aromatic carbocycles. The topological polar surface area (TPSA) is 115 Å². The van der Waals surface area contributed by atoms with E-state index in [0.29, 0.717) is 16.9 Å². The van der Waals surface area contributed by atoms with Gasteiger partial charge in [-0.15, -0.1) is 0 Å². The summed E-state index contributed by atoms with van der Waals surface area (Å²) in [5.41, 5.74) is 3.03. The molecule has 0 aliphatic carbocycles. The van der Waals surface area contributed by atoms with E-state index in [4.69, 9.17) is 5.11 Å². The maximum absolute atomic E-state index is 13.2. The predicted octanol–water partition coefficient (Wildman–Crippen LogP) is 7.33. The number of carbonyl (C=O) groups is 2. The van der Waals surface area contributed by atoms with Crippen molar-refractivity contribution < 1.29 is 30.0 Å². The number of aliphatic carboxylic acids is 2. The van der Waals surface area contributed by atoms with Gasteiger partial charge in [0.25, 0.3) is 0 Å². The molecule has 6 nitrogen and oxygen atoms in total. The molecule has 0 atom stereocenters. The molecule has 43 heavy (non-hydrogen) atoms. The van der Waals surface area contributed by atoms with Crippen LogP contribution in [-0.4, -0.2) is 43.9 Å². The third-order valence-corrected chi connectivity index (χ3v) is 9.65. The van der Waals surface area contributed by atoms with Gasteiger partial charge in [0, 0.05) is 22.3 Å². The van der Waals surface area contributed by atoms with Gasteiger partial charge in [0.05, 0.1) is 6.42 Å². The zero-order chi connectivity index (χ0) is 31.4. The van der Waals surface area contributed by atoms with Crippen LogP contribution < -0.4 is 0 Å². The molecule has 0 fully saturated rings. The van der Waals surface area contributed by atoms with Crippen molar-refractivity contribution in [1.82, 2.24) is 0 Å². The summed E-state index contributed by atoms with van der Waals surface area (Å²) < 4.78 is 0. The maximum Gasteiger partial charge on any atom is 0.319 e. The SMILES string of the molecule is CC(C)(c1ccc(O)cc1)c1ccc(C(CSCCC(=O)O)(C(=O)O)c2ccc(C(C)(C)c3ccc(O)cc3)cc2)cc1. The van der Waals surface area contributed by atoms with E-state index in [1.54, 1.807) is 24.3 Å². The minimum absolute atomic E-state index is 0.0557. The zero-order valence-electron chi connectivity index (χ0n) is 24.9. The van der Waals surface area contributed by atoms with E-state index < -0.39 is 28.2 Å². The van der Waals surface area contributed by atoms with Crippen molar-refractivity contribution in [2.75, 3.05) is 11.5 Å². The molecular weight excluding hydrogens is 560 g/mol. The smallest absolute Gasteiger partial charge is 0.319 e. The van der Waals surface area contributed by atoms with Crippen molar-refractivity contribution in [2.24, 2.45) is 0 Å². The van der Waals surface area contributed by atoms with Crippen molar-refractivity contribution in [2.45, 2.75) is 50.4 Å². The van der Waals surface area contributed by atoms with Crippen molar-refractivity contribution in [3.05, 3.63) is 130 Å². The number of thioether (sulfide) groups is 1. The summed E-state index contributed by atoms with van der Waals surface area (Å²) in [5, 5.41) is 39.4. The molecule has 0 unspecified atom stereocenters. The Morgan fingerprint density at radius 2 is 0.860 bits per heavy atom. The fourth-order valence-corrected chi connectivity index (χ4v) is 6.69. The molecule has 0 spiro atoms. The lowest BCUT2D eigenvalue weighted by Crippen LogP contribution is -2.40. The van der Waals surface area contributed by atoms with Crippen LogP contribution in [-0.2, 0) is 25.8 Å². The van der Waals surface area contributed by atoms with E-state index >= 15 is 0 Å². The molecular formula is C36H38O6S.